The van der Waals surface area contributed by atoms with Crippen LogP contribution in [0, 0.1) is 11.8 Å². The monoisotopic (exact) mass is 564 g/mol. The summed E-state index contributed by atoms with van der Waals surface area (Å²) in [5.41, 5.74) is 1.10. The molecular formula is C31H40N4O6. The number of nitrogens with one attached hydrogen (secondary N) is 2. The van der Waals surface area contributed by atoms with Crippen molar-refractivity contribution < 1.29 is 29.0 Å². The van der Waals surface area contributed by atoms with Gasteiger partial charge in [0.05, 0.1) is 37.2 Å². The molecule has 3 aliphatic rings. The standard InChI is InChI=1S/C31H40N4O6/c1-5-34(6-2)22-12-8-20(9-13-22)33-29(38)27-31-17-16-24(41-31)25(26(31)30(39)35(27)19(4)18-36)28(37)32-21-10-14-23(15-11-21)40-7-3/h8-15,19,24-27,36H,5-7,16-18H2,1-4H3,(H,32,37)(H,33,38)/t19-,24-,25+,26+,27?,31?/m1/s1. The average Bonchev–Trinajstić information content (AvgIpc) is 3.62. The zero-order valence-electron chi connectivity index (χ0n) is 24.1. The van der Waals surface area contributed by atoms with Gasteiger partial charge >= 0.3 is 0 Å². The zero-order valence-corrected chi connectivity index (χ0v) is 24.1. The molecule has 0 aromatic heterocycles. The Morgan fingerprint density at radius 1 is 1.05 bits per heavy atom. The van der Waals surface area contributed by atoms with Crippen LogP contribution in [0.2, 0.25) is 0 Å². The number of nitrogens with zero attached hydrogens (tertiary/aromatic N) is 2. The van der Waals surface area contributed by atoms with Crippen LogP contribution in [0.4, 0.5) is 17.1 Å². The van der Waals surface area contributed by atoms with E-state index in [0.29, 0.717) is 36.6 Å². The van der Waals surface area contributed by atoms with Crippen molar-refractivity contribution in [2.45, 2.75) is 64.3 Å². The predicted molar refractivity (Wildman–Crippen MR) is 156 cm³/mol. The van der Waals surface area contributed by atoms with E-state index in [1.54, 1.807) is 31.2 Å². The molecular weight excluding hydrogens is 524 g/mol. The number of hydrogen-bond donors (Lipinski definition) is 3. The molecule has 3 saturated heterocycles. The third-order valence-electron chi connectivity index (χ3n) is 8.72. The number of amides is 3. The number of likely N-dealkylation sites (tertiary alicyclic amines) is 1. The zero-order chi connectivity index (χ0) is 29.3. The van der Waals surface area contributed by atoms with E-state index in [-0.39, 0.29) is 24.3 Å². The third kappa shape index (κ3) is 5.04. The number of aliphatic hydroxyl groups excluding tert-OH is 1. The van der Waals surface area contributed by atoms with Crippen LogP contribution in [-0.2, 0) is 19.1 Å². The van der Waals surface area contributed by atoms with Gasteiger partial charge in [-0.15, -0.1) is 0 Å². The molecule has 10 heteroatoms. The molecule has 2 aromatic carbocycles. The van der Waals surface area contributed by atoms with Gasteiger partial charge in [0.25, 0.3) is 0 Å². The molecule has 3 aliphatic heterocycles. The molecule has 10 nitrogen and oxygen atoms in total. The number of hydrogen-bond acceptors (Lipinski definition) is 7. The van der Waals surface area contributed by atoms with E-state index in [2.05, 4.69) is 29.4 Å². The molecule has 1 spiro atoms. The van der Waals surface area contributed by atoms with E-state index in [9.17, 15) is 19.5 Å². The van der Waals surface area contributed by atoms with Crippen molar-refractivity contribution in [3.05, 3.63) is 48.5 Å². The molecule has 3 amide bonds. The van der Waals surface area contributed by atoms with Crippen molar-refractivity contribution >= 4 is 34.8 Å². The van der Waals surface area contributed by atoms with Crippen molar-refractivity contribution in [1.29, 1.82) is 0 Å². The van der Waals surface area contributed by atoms with Crippen molar-refractivity contribution in [3.8, 4) is 5.75 Å². The van der Waals surface area contributed by atoms with Crippen LogP contribution in [-0.4, -0.2) is 77.8 Å². The molecule has 3 heterocycles. The molecule has 2 bridgehead atoms. The lowest BCUT2D eigenvalue weighted by Gasteiger charge is -2.35. The van der Waals surface area contributed by atoms with E-state index in [1.165, 1.54) is 4.90 Å². The lowest BCUT2D eigenvalue weighted by molar-refractivity contribution is -0.142. The smallest absolute Gasteiger partial charge is 0.250 e. The molecule has 0 saturated carbocycles. The highest BCUT2D eigenvalue weighted by Gasteiger charge is 2.74. The highest BCUT2D eigenvalue weighted by molar-refractivity contribution is 6.05. The minimum Gasteiger partial charge on any atom is -0.494 e. The maximum atomic E-state index is 14.0. The first kappa shape index (κ1) is 28.9. The summed E-state index contributed by atoms with van der Waals surface area (Å²) >= 11 is 0. The lowest BCUT2D eigenvalue weighted by atomic mass is 9.70. The van der Waals surface area contributed by atoms with E-state index in [0.717, 1.165) is 18.8 Å². The first-order valence-corrected chi connectivity index (χ1v) is 14.6. The highest BCUT2D eigenvalue weighted by atomic mass is 16.5. The Morgan fingerprint density at radius 3 is 2.24 bits per heavy atom. The topological polar surface area (TPSA) is 120 Å². The number of carbonyl (C=O) groups excluding carboxylic acids is 3. The van der Waals surface area contributed by atoms with Gasteiger partial charge in [-0.1, -0.05) is 0 Å². The van der Waals surface area contributed by atoms with Crippen molar-refractivity contribution in [3.63, 3.8) is 0 Å². The Hall–Kier alpha value is -3.63. The normalized spacial score (nSPS) is 27.0. The fraction of sp³-hybridized carbons (Fsp3) is 0.516. The number of fused-ring (bicyclic) bond motifs is 1. The van der Waals surface area contributed by atoms with Gasteiger partial charge in [0.2, 0.25) is 17.7 Å². The first-order valence-electron chi connectivity index (χ1n) is 14.6. The maximum Gasteiger partial charge on any atom is 0.250 e. The molecule has 2 aromatic rings. The van der Waals surface area contributed by atoms with E-state index >= 15 is 0 Å². The van der Waals surface area contributed by atoms with Crippen LogP contribution in [0.15, 0.2) is 48.5 Å². The molecule has 6 atom stereocenters. The molecule has 3 N–H and O–H groups in total. The maximum absolute atomic E-state index is 14.0. The molecule has 41 heavy (non-hydrogen) atoms. The minimum atomic E-state index is -1.14. The Kier molecular flexibility index (Phi) is 8.24. The summed E-state index contributed by atoms with van der Waals surface area (Å²) in [4.78, 5) is 45.1. The third-order valence-corrected chi connectivity index (χ3v) is 8.72. The number of ether oxygens (including phenoxy) is 2. The minimum absolute atomic E-state index is 0.316. The summed E-state index contributed by atoms with van der Waals surface area (Å²) < 4.78 is 11.9. The van der Waals surface area contributed by atoms with E-state index < -0.39 is 35.6 Å². The van der Waals surface area contributed by atoms with Crippen LogP contribution >= 0.6 is 0 Å². The second kappa shape index (κ2) is 11.7. The van der Waals surface area contributed by atoms with Crippen molar-refractivity contribution in [1.82, 2.24) is 4.90 Å². The Bertz CT molecular complexity index is 1260. The SMILES string of the molecule is CCOc1ccc(NC(=O)[C@@H]2[C@H]3C(=O)N([C@H](C)CO)C(C(=O)Nc4ccc(N(CC)CC)cc4)C34CC[C@H]2O4)cc1. The average molecular weight is 565 g/mol. The Morgan fingerprint density at radius 2 is 1.66 bits per heavy atom. The summed E-state index contributed by atoms with van der Waals surface area (Å²) in [6, 6.07) is 13.1. The van der Waals surface area contributed by atoms with Gasteiger partial charge in [-0.05, 0) is 89.1 Å². The molecule has 0 aliphatic carbocycles. The molecule has 220 valence electrons. The van der Waals surface area contributed by atoms with Gasteiger partial charge < -0.3 is 35.0 Å². The molecule has 3 fully saturated rings. The van der Waals surface area contributed by atoms with Gasteiger partial charge in [-0.2, -0.15) is 0 Å². The number of aliphatic hydroxyl groups is 1. The number of anilines is 3. The Balaban J connectivity index is 1.39. The fourth-order valence-electron chi connectivity index (χ4n) is 6.83. The highest BCUT2D eigenvalue weighted by Crippen LogP contribution is 2.59. The molecule has 2 unspecified atom stereocenters. The summed E-state index contributed by atoms with van der Waals surface area (Å²) in [5, 5.41) is 15.9. The van der Waals surface area contributed by atoms with Gasteiger partial charge in [0, 0.05) is 30.2 Å². The first-order chi connectivity index (χ1) is 19.8. The van der Waals surface area contributed by atoms with Crippen molar-refractivity contribution in [2.24, 2.45) is 11.8 Å². The summed E-state index contributed by atoms with van der Waals surface area (Å²) in [6.45, 7) is 9.75. The quantitative estimate of drug-likeness (QED) is 0.383. The predicted octanol–water partition coefficient (Wildman–Crippen LogP) is 3.26. The van der Waals surface area contributed by atoms with Crippen LogP contribution in [0.3, 0.4) is 0 Å². The molecule has 0 radical (unpaired) electrons. The van der Waals surface area contributed by atoms with Crippen LogP contribution in [0.1, 0.15) is 40.5 Å². The summed E-state index contributed by atoms with van der Waals surface area (Å²) in [6.07, 6.45) is 0.575. The van der Waals surface area contributed by atoms with Crippen LogP contribution in [0.25, 0.3) is 0 Å². The second-order valence-electron chi connectivity index (χ2n) is 11.0. The van der Waals surface area contributed by atoms with Crippen molar-refractivity contribution in [2.75, 3.05) is 41.8 Å². The molecule has 5 rings (SSSR count). The van der Waals surface area contributed by atoms with E-state index in [1.807, 2.05) is 31.2 Å². The van der Waals surface area contributed by atoms with Crippen LogP contribution < -0.4 is 20.3 Å². The van der Waals surface area contributed by atoms with E-state index in [4.69, 9.17) is 9.47 Å². The second-order valence-corrected chi connectivity index (χ2v) is 11.0. The number of rotatable bonds is 11. The number of carbonyl (C=O) groups is 3. The van der Waals surface area contributed by atoms with Gasteiger partial charge in [0.15, 0.2) is 0 Å². The van der Waals surface area contributed by atoms with Gasteiger partial charge in [-0.25, -0.2) is 0 Å². The van der Waals surface area contributed by atoms with Gasteiger partial charge in [0.1, 0.15) is 17.4 Å². The summed E-state index contributed by atoms with van der Waals surface area (Å²) in [5.74, 6) is -1.91. The fourth-order valence-corrected chi connectivity index (χ4v) is 6.83. The largest absolute Gasteiger partial charge is 0.494 e. The summed E-state index contributed by atoms with van der Waals surface area (Å²) in [7, 11) is 0. The van der Waals surface area contributed by atoms with Crippen LogP contribution in [0.5, 0.6) is 5.75 Å². The Labute approximate surface area is 241 Å². The lowest BCUT2D eigenvalue weighted by Crippen LogP contribution is -2.55. The van der Waals surface area contributed by atoms with Gasteiger partial charge in [-0.3, -0.25) is 14.4 Å². The number of benzene rings is 2.